The van der Waals surface area contributed by atoms with Gasteiger partial charge in [-0.3, -0.25) is 0 Å². The largest absolute Gasteiger partial charge is 0.456 e. The van der Waals surface area contributed by atoms with Crippen LogP contribution in [-0.4, -0.2) is 0 Å². The Hall–Kier alpha value is -3.90. The molecule has 0 saturated heterocycles. The Morgan fingerprint density at radius 3 is 2.41 bits per heavy atom. The van der Waals surface area contributed by atoms with E-state index in [0.717, 1.165) is 21.9 Å². The molecule has 0 bridgehead atoms. The first-order chi connectivity index (χ1) is 15.8. The zero-order valence-electron chi connectivity index (χ0n) is 20.0. The van der Waals surface area contributed by atoms with E-state index in [2.05, 4.69) is 4.85 Å². The molecule has 5 aromatic rings. The Balaban J connectivity index is 1.96. The smallest absolute Gasteiger partial charge is 0.216 e. The molecule has 0 aliphatic carbocycles. The lowest BCUT2D eigenvalue weighted by Gasteiger charge is -2.05. The van der Waals surface area contributed by atoms with Crippen LogP contribution in [0, 0.1) is 13.5 Å². The van der Waals surface area contributed by atoms with Crippen molar-refractivity contribution in [2.45, 2.75) is 6.92 Å². The van der Waals surface area contributed by atoms with Gasteiger partial charge in [0, 0.05) is 28.4 Å². The minimum atomic E-state index is -0.291. The fourth-order valence-electron chi connectivity index (χ4n) is 3.84. The van der Waals surface area contributed by atoms with Crippen LogP contribution < -0.4 is 4.57 Å². The van der Waals surface area contributed by atoms with Crippen LogP contribution in [0.15, 0.2) is 83.3 Å². The summed E-state index contributed by atoms with van der Waals surface area (Å²) in [6.07, 6.45) is -0.140. The van der Waals surface area contributed by atoms with E-state index in [1.54, 1.807) is 13.1 Å². The first kappa shape index (κ1) is 13.3. The number of aryl methyl sites for hydroxylation is 1. The second kappa shape index (κ2) is 6.61. The molecule has 2 heterocycles. The van der Waals surface area contributed by atoms with E-state index in [0.29, 0.717) is 33.7 Å². The van der Waals surface area contributed by atoms with Gasteiger partial charge in [0.15, 0.2) is 11.9 Å². The molecule has 5 rings (SSSR count). The Morgan fingerprint density at radius 2 is 1.66 bits per heavy atom. The molecule has 0 saturated carbocycles. The van der Waals surface area contributed by atoms with E-state index in [1.165, 1.54) is 4.57 Å². The summed E-state index contributed by atoms with van der Waals surface area (Å²) >= 11 is 0. The Bertz CT molecular complexity index is 1600. The van der Waals surface area contributed by atoms with Crippen LogP contribution >= 0.6 is 0 Å². The quantitative estimate of drug-likeness (QED) is 0.250. The van der Waals surface area contributed by atoms with Gasteiger partial charge in [0.2, 0.25) is 5.69 Å². The maximum Gasteiger partial charge on any atom is 0.216 e. The summed E-state index contributed by atoms with van der Waals surface area (Å²) in [5, 5.41) is 1.67. The van der Waals surface area contributed by atoms with Crippen LogP contribution in [0.3, 0.4) is 0 Å². The number of nitrogens with zero attached hydrogens (tertiary/aromatic N) is 2. The third-order valence-electron chi connectivity index (χ3n) is 5.22. The second-order valence-electron chi connectivity index (χ2n) is 6.94. The zero-order valence-corrected chi connectivity index (χ0v) is 16.0. The lowest BCUT2D eigenvalue weighted by atomic mass is 9.98. The van der Waals surface area contributed by atoms with E-state index < -0.39 is 0 Å². The van der Waals surface area contributed by atoms with Crippen molar-refractivity contribution in [3.63, 3.8) is 0 Å². The van der Waals surface area contributed by atoms with Crippen molar-refractivity contribution < 1.29 is 14.5 Å². The van der Waals surface area contributed by atoms with Crippen LogP contribution in [0.2, 0.25) is 0 Å². The zero-order chi connectivity index (χ0) is 23.4. The molecule has 0 fully saturated rings. The minimum absolute atomic E-state index is 0.125. The number of benzene rings is 3. The average Bonchev–Trinajstić information content (AvgIpc) is 3.21. The average molecular weight is 379 g/mol. The number of pyridine rings is 1. The third kappa shape index (κ3) is 2.61. The Labute approximate surface area is 174 Å². The van der Waals surface area contributed by atoms with Crippen LogP contribution in [0.1, 0.15) is 11.0 Å². The minimum Gasteiger partial charge on any atom is -0.456 e. The van der Waals surface area contributed by atoms with Gasteiger partial charge in [-0.1, -0.05) is 54.6 Å². The molecule has 3 heteroatoms. The monoisotopic (exact) mass is 379 g/mol. The van der Waals surface area contributed by atoms with Gasteiger partial charge in [-0.2, -0.15) is 0 Å². The van der Waals surface area contributed by atoms with Gasteiger partial charge in [0.1, 0.15) is 19.6 Å². The maximum atomic E-state index is 8.57. The van der Waals surface area contributed by atoms with Gasteiger partial charge in [-0.25, -0.2) is 9.41 Å². The molecule has 0 spiro atoms. The van der Waals surface area contributed by atoms with Crippen LogP contribution in [0.25, 0.3) is 49.2 Å². The molecule has 0 aliphatic heterocycles. The first-order valence-electron chi connectivity index (χ1n) is 11.2. The molecule has 29 heavy (non-hydrogen) atoms. The Morgan fingerprint density at radius 1 is 0.931 bits per heavy atom. The van der Waals surface area contributed by atoms with Gasteiger partial charge < -0.3 is 4.42 Å². The fraction of sp³-hybridized carbons (Fsp3) is 0.0769. The summed E-state index contributed by atoms with van der Waals surface area (Å²) in [5.41, 5.74) is 4.98. The second-order valence-corrected chi connectivity index (χ2v) is 6.94. The lowest BCUT2D eigenvalue weighted by Crippen LogP contribution is -2.30. The van der Waals surface area contributed by atoms with E-state index >= 15 is 0 Å². The van der Waals surface area contributed by atoms with E-state index in [1.807, 2.05) is 55.5 Å². The summed E-state index contributed by atoms with van der Waals surface area (Å²) in [6, 6.07) is 16.5. The molecular weight excluding hydrogens is 356 g/mol. The molecule has 3 aromatic carbocycles. The van der Waals surface area contributed by atoms with Crippen molar-refractivity contribution in [3.8, 4) is 22.4 Å². The van der Waals surface area contributed by atoms with Gasteiger partial charge >= 0.3 is 0 Å². The van der Waals surface area contributed by atoms with Crippen molar-refractivity contribution in [2.75, 3.05) is 0 Å². The molecule has 0 radical (unpaired) electrons. The number of hydrogen-bond acceptors (Lipinski definition) is 1. The summed E-state index contributed by atoms with van der Waals surface area (Å²) in [5.74, 6) is 0. The highest BCUT2D eigenvalue weighted by Crippen LogP contribution is 2.44. The maximum absolute atomic E-state index is 8.57. The number of hydrogen-bond donors (Lipinski definition) is 0. The number of fused-ring (bicyclic) bond motifs is 3. The van der Waals surface area contributed by atoms with Gasteiger partial charge in [0.05, 0.1) is 16.2 Å². The van der Waals surface area contributed by atoms with Crippen molar-refractivity contribution in [2.24, 2.45) is 7.05 Å². The molecule has 0 aliphatic rings. The Kier molecular flexibility index (Phi) is 3.03. The highest BCUT2D eigenvalue weighted by atomic mass is 16.3. The summed E-state index contributed by atoms with van der Waals surface area (Å²) in [7, 11) is 1.63. The molecular formula is C26H19N2O+. The summed E-state index contributed by atoms with van der Waals surface area (Å²) in [4.78, 5) is 3.71. The molecule has 3 nitrogen and oxygen atoms in total. The highest BCUT2D eigenvalue weighted by Gasteiger charge is 2.22. The van der Waals surface area contributed by atoms with Crippen molar-refractivity contribution in [1.82, 2.24) is 0 Å². The lowest BCUT2D eigenvalue weighted by molar-refractivity contribution is -0.660. The normalized spacial score (nSPS) is 13.0. The molecule has 2 aromatic heterocycles. The van der Waals surface area contributed by atoms with E-state index in [4.69, 9.17) is 16.5 Å². The molecule has 0 atom stereocenters. The molecule has 138 valence electrons. The van der Waals surface area contributed by atoms with Crippen molar-refractivity contribution in [3.05, 3.63) is 95.9 Å². The highest BCUT2D eigenvalue weighted by molar-refractivity contribution is 6.15. The topological polar surface area (TPSA) is 21.4 Å². The van der Waals surface area contributed by atoms with Crippen molar-refractivity contribution in [1.29, 1.82) is 0 Å². The summed E-state index contributed by atoms with van der Waals surface area (Å²) < 4.78 is 40.9. The van der Waals surface area contributed by atoms with Crippen LogP contribution in [0.5, 0.6) is 0 Å². The predicted octanol–water partition coefficient (Wildman–Crippen LogP) is 6.60. The number of rotatable bonds is 2. The molecule has 0 amide bonds. The van der Waals surface area contributed by atoms with E-state index in [9.17, 15) is 0 Å². The van der Waals surface area contributed by atoms with E-state index in [-0.39, 0.29) is 24.3 Å². The number of aromatic nitrogens is 1. The molecule has 0 unspecified atom stereocenters. The third-order valence-corrected chi connectivity index (χ3v) is 5.22. The van der Waals surface area contributed by atoms with Crippen molar-refractivity contribution >= 4 is 27.6 Å². The predicted molar refractivity (Wildman–Crippen MR) is 117 cm³/mol. The first-order valence-corrected chi connectivity index (χ1v) is 9.23. The number of furan rings is 1. The van der Waals surface area contributed by atoms with Gasteiger partial charge in [-0.05, 0) is 24.1 Å². The van der Waals surface area contributed by atoms with Gasteiger partial charge in [-0.15, -0.1) is 0 Å². The molecule has 0 N–H and O–H groups in total. The van der Waals surface area contributed by atoms with Crippen LogP contribution in [-0.2, 0) is 7.05 Å². The fourth-order valence-corrected chi connectivity index (χ4v) is 3.84. The van der Waals surface area contributed by atoms with Gasteiger partial charge in [0.25, 0.3) is 0 Å². The SMILES string of the molecule is [2H]c1c([2H])c([2H])[n+](C)c(-c2c(C)ccc3c2oc2c(-c4ccccc4)c([N+]#[C-])ccc23)c1[2H]. The van der Waals surface area contributed by atoms with Crippen LogP contribution in [0.4, 0.5) is 5.69 Å². The standard InChI is InChI=1S/C26H19N2O/c1-17-12-13-19-20-14-15-21(27-2)24(18-9-5-4-6-10-18)26(20)29-25(19)23(17)22-11-7-8-16-28(22)3/h4-16H,1,3H3/q+1/i7D,8D,11D,16D. The summed E-state index contributed by atoms with van der Waals surface area (Å²) in [6.45, 7) is 9.57.